The maximum Gasteiger partial charge on any atom is 0.187 e. The van der Waals surface area contributed by atoms with E-state index in [0.29, 0.717) is 4.90 Å². The molecule has 0 bridgehead atoms. The standard InChI is InChI=1S/C9H8O2S/c10-12(11)9-6-2-4-7-3-1-5-8(7)9/h1-2,4-6H,3H2,(H,10,11). The van der Waals surface area contributed by atoms with E-state index in [-0.39, 0.29) is 0 Å². The normalized spacial score (nSPS) is 16.1. The molecule has 0 amide bonds. The zero-order valence-corrected chi connectivity index (χ0v) is 7.17. The number of benzene rings is 1. The van der Waals surface area contributed by atoms with Gasteiger partial charge in [-0.25, -0.2) is 4.21 Å². The highest BCUT2D eigenvalue weighted by Crippen LogP contribution is 2.24. The Kier molecular flexibility index (Phi) is 1.83. The van der Waals surface area contributed by atoms with Gasteiger partial charge in [-0.05, 0) is 23.6 Å². The van der Waals surface area contributed by atoms with Crippen LogP contribution in [0.1, 0.15) is 11.1 Å². The molecule has 3 heteroatoms. The van der Waals surface area contributed by atoms with E-state index in [9.17, 15) is 4.21 Å². The van der Waals surface area contributed by atoms with Crippen LogP contribution in [0.2, 0.25) is 0 Å². The van der Waals surface area contributed by atoms with Gasteiger partial charge in [0.1, 0.15) is 0 Å². The van der Waals surface area contributed by atoms with E-state index in [4.69, 9.17) is 4.55 Å². The fourth-order valence-electron chi connectivity index (χ4n) is 1.41. The molecule has 12 heavy (non-hydrogen) atoms. The molecule has 0 radical (unpaired) electrons. The molecule has 2 rings (SSSR count). The Morgan fingerprint density at radius 1 is 1.42 bits per heavy atom. The molecule has 0 aromatic heterocycles. The van der Waals surface area contributed by atoms with Crippen molar-refractivity contribution in [1.82, 2.24) is 0 Å². The average Bonchev–Trinajstić information content (AvgIpc) is 2.49. The van der Waals surface area contributed by atoms with Crippen molar-refractivity contribution in [3.8, 4) is 0 Å². The van der Waals surface area contributed by atoms with Crippen molar-refractivity contribution in [2.45, 2.75) is 11.3 Å². The predicted octanol–water partition coefficient (Wildman–Crippen LogP) is 1.84. The van der Waals surface area contributed by atoms with Gasteiger partial charge in [0.15, 0.2) is 11.1 Å². The minimum absolute atomic E-state index is 0.515. The minimum atomic E-state index is -1.86. The van der Waals surface area contributed by atoms with Gasteiger partial charge in [0.2, 0.25) is 0 Å². The van der Waals surface area contributed by atoms with Crippen molar-refractivity contribution in [1.29, 1.82) is 0 Å². The number of rotatable bonds is 1. The van der Waals surface area contributed by atoms with Crippen LogP contribution in [0.15, 0.2) is 29.2 Å². The number of hydrogen-bond donors (Lipinski definition) is 1. The first-order valence-corrected chi connectivity index (χ1v) is 4.79. The molecule has 1 aromatic rings. The zero-order chi connectivity index (χ0) is 8.55. The SMILES string of the molecule is O=S(O)c1cccc2c1C=CC2. The molecule has 1 N–H and O–H groups in total. The lowest BCUT2D eigenvalue weighted by atomic mass is 10.1. The van der Waals surface area contributed by atoms with Crippen LogP contribution < -0.4 is 0 Å². The van der Waals surface area contributed by atoms with Gasteiger partial charge >= 0.3 is 0 Å². The van der Waals surface area contributed by atoms with Gasteiger partial charge in [-0.15, -0.1) is 0 Å². The predicted molar refractivity (Wildman–Crippen MR) is 48.2 cm³/mol. The maximum atomic E-state index is 10.8. The summed E-state index contributed by atoms with van der Waals surface area (Å²) in [6.07, 6.45) is 4.78. The lowest BCUT2D eigenvalue weighted by Gasteiger charge is -2.02. The molecular formula is C9H8O2S. The van der Waals surface area contributed by atoms with Gasteiger partial charge in [0, 0.05) is 0 Å². The molecule has 1 aromatic carbocycles. The van der Waals surface area contributed by atoms with E-state index >= 15 is 0 Å². The number of fused-ring (bicyclic) bond motifs is 1. The van der Waals surface area contributed by atoms with Gasteiger partial charge in [-0.2, -0.15) is 0 Å². The summed E-state index contributed by atoms with van der Waals surface area (Å²) in [7, 11) is 0. The summed E-state index contributed by atoms with van der Waals surface area (Å²) >= 11 is -1.86. The first-order chi connectivity index (χ1) is 5.79. The van der Waals surface area contributed by atoms with Gasteiger partial charge in [0.25, 0.3) is 0 Å². The Morgan fingerprint density at radius 2 is 2.25 bits per heavy atom. The molecule has 62 valence electrons. The van der Waals surface area contributed by atoms with Gasteiger partial charge in [-0.3, -0.25) is 0 Å². The molecule has 0 aliphatic heterocycles. The minimum Gasteiger partial charge on any atom is -0.302 e. The quantitative estimate of drug-likeness (QED) is 0.669. The third-order valence-corrected chi connectivity index (χ3v) is 2.70. The van der Waals surface area contributed by atoms with Crippen LogP contribution in [0.3, 0.4) is 0 Å². The Labute approximate surface area is 73.2 Å². The lowest BCUT2D eigenvalue weighted by Crippen LogP contribution is -1.93. The first kappa shape index (κ1) is 7.71. The Balaban J connectivity index is 2.63. The van der Waals surface area contributed by atoms with E-state index in [1.54, 1.807) is 6.07 Å². The lowest BCUT2D eigenvalue weighted by molar-refractivity contribution is 0.564. The summed E-state index contributed by atoms with van der Waals surface area (Å²) in [4.78, 5) is 0.515. The van der Waals surface area contributed by atoms with E-state index in [1.807, 2.05) is 24.3 Å². The largest absolute Gasteiger partial charge is 0.302 e. The smallest absolute Gasteiger partial charge is 0.187 e. The van der Waals surface area contributed by atoms with Crippen molar-refractivity contribution >= 4 is 17.2 Å². The van der Waals surface area contributed by atoms with Crippen LogP contribution in [-0.4, -0.2) is 8.76 Å². The molecule has 0 saturated heterocycles. The molecule has 0 saturated carbocycles. The topological polar surface area (TPSA) is 37.3 Å². The van der Waals surface area contributed by atoms with Crippen molar-refractivity contribution in [2.75, 3.05) is 0 Å². The third-order valence-electron chi connectivity index (χ3n) is 1.97. The molecule has 1 aliphatic carbocycles. The molecule has 2 nitrogen and oxygen atoms in total. The highest BCUT2D eigenvalue weighted by Gasteiger charge is 2.12. The fraction of sp³-hybridized carbons (Fsp3) is 0.111. The highest BCUT2D eigenvalue weighted by atomic mass is 32.2. The Bertz CT molecular complexity index is 369. The average molecular weight is 180 g/mol. The first-order valence-electron chi connectivity index (χ1n) is 3.68. The summed E-state index contributed by atoms with van der Waals surface area (Å²) in [6.45, 7) is 0. The van der Waals surface area contributed by atoms with Gasteiger partial charge < -0.3 is 4.55 Å². The molecule has 1 aliphatic rings. The second kappa shape index (κ2) is 2.84. The Hall–Kier alpha value is -0.930. The van der Waals surface area contributed by atoms with E-state index < -0.39 is 11.1 Å². The monoisotopic (exact) mass is 180 g/mol. The van der Waals surface area contributed by atoms with Crippen molar-refractivity contribution in [2.24, 2.45) is 0 Å². The molecule has 0 fully saturated rings. The van der Waals surface area contributed by atoms with Crippen molar-refractivity contribution in [3.05, 3.63) is 35.4 Å². The maximum absolute atomic E-state index is 10.8. The summed E-state index contributed by atoms with van der Waals surface area (Å²) in [5, 5.41) is 0. The molecular weight excluding hydrogens is 172 g/mol. The zero-order valence-electron chi connectivity index (χ0n) is 6.36. The second-order valence-electron chi connectivity index (χ2n) is 2.68. The number of allylic oxidation sites excluding steroid dienone is 1. The summed E-state index contributed by atoms with van der Waals surface area (Å²) < 4.78 is 19.8. The van der Waals surface area contributed by atoms with Crippen LogP contribution in [-0.2, 0) is 17.5 Å². The van der Waals surface area contributed by atoms with Crippen molar-refractivity contribution < 1.29 is 8.76 Å². The Morgan fingerprint density at radius 3 is 3.00 bits per heavy atom. The van der Waals surface area contributed by atoms with Crippen LogP contribution in [0.4, 0.5) is 0 Å². The van der Waals surface area contributed by atoms with Crippen LogP contribution in [0, 0.1) is 0 Å². The van der Waals surface area contributed by atoms with E-state index in [2.05, 4.69) is 0 Å². The molecule has 0 heterocycles. The van der Waals surface area contributed by atoms with Gasteiger partial charge in [-0.1, -0.05) is 24.3 Å². The van der Waals surface area contributed by atoms with Crippen LogP contribution >= 0.6 is 0 Å². The summed E-state index contributed by atoms with van der Waals surface area (Å²) in [5.41, 5.74) is 2.05. The third kappa shape index (κ3) is 1.11. The van der Waals surface area contributed by atoms with Crippen molar-refractivity contribution in [3.63, 3.8) is 0 Å². The summed E-state index contributed by atoms with van der Waals surface area (Å²) in [5.74, 6) is 0. The summed E-state index contributed by atoms with van der Waals surface area (Å²) in [6, 6.07) is 5.48. The highest BCUT2D eigenvalue weighted by molar-refractivity contribution is 7.79. The molecule has 1 atom stereocenters. The molecule has 1 unspecified atom stereocenters. The number of hydrogen-bond acceptors (Lipinski definition) is 1. The van der Waals surface area contributed by atoms with Crippen LogP contribution in [0.25, 0.3) is 6.08 Å². The fourth-order valence-corrected chi connectivity index (χ4v) is 1.99. The van der Waals surface area contributed by atoms with Crippen LogP contribution in [0.5, 0.6) is 0 Å². The van der Waals surface area contributed by atoms with E-state index in [0.717, 1.165) is 17.5 Å². The van der Waals surface area contributed by atoms with E-state index in [1.165, 1.54) is 0 Å². The molecule has 0 spiro atoms. The van der Waals surface area contributed by atoms with Gasteiger partial charge in [0.05, 0.1) is 4.90 Å². The second-order valence-corrected chi connectivity index (χ2v) is 3.62.